The summed E-state index contributed by atoms with van der Waals surface area (Å²) in [6, 6.07) is 18.5. The summed E-state index contributed by atoms with van der Waals surface area (Å²) in [5, 5.41) is 8.98. The second-order valence-electron chi connectivity index (χ2n) is 9.54. The lowest BCUT2D eigenvalue weighted by Gasteiger charge is -2.38. The number of benzene rings is 2. The SMILES string of the molecule is CCC(CC)(CC(=O)c1cnn2c1NC(c1ccccc1)CC2(C)C)c1ccc(Cl)cc1. The molecule has 0 bridgehead atoms. The standard InChI is InChI=1S/C27H32ClN3O/c1-5-27(6-2,20-12-14-21(28)15-13-20)17-24(32)22-18-29-31-25(22)30-23(16-26(31,3)4)19-10-8-7-9-11-19/h7-15,18,23,30H,5-6,16-17H2,1-4H3. The largest absolute Gasteiger partial charge is 0.363 e. The normalized spacial score (nSPS) is 17.5. The third-order valence-electron chi connectivity index (χ3n) is 7.17. The molecule has 1 N–H and O–H groups in total. The van der Waals surface area contributed by atoms with Crippen LogP contribution >= 0.6 is 11.6 Å². The summed E-state index contributed by atoms with van der Waals surface area (Å²) in [6.07, 6.45) is 4.85. The molecule has 2 aromatic carbocycles. The zero-order chi connectivity index (χ0) is 22.9. The molecular weight excluding hydrogens is 418 g/mol. The maximum Gasteiger partial charge on any atom is 0.169 e. The zero-order valence-corrected chi connectivity index (χ0v) is 20.1. The predicted molar refractivity (Wildman–Crippen MR) is 132 cm³/mol. The monoisotopic (exact) mass is 449 g/mol. The maximum atomic E-state index is 13.7. The molecule has 1 aliphatic heterocycles. The van der Waals surface area contributed by atoms with Crippen LogP contribution in [0.3, 0.4) is 0 Å². The Morgan fingerprint density at radius 3 is 2.41 bits per heavy atom. The number of carbonyl (C=O) groups is 1. The molecule has 0 saturated carbocycles. The number of hydrogen-bond acceptors (Lipinski definition) is 3. The summed E-state index contributed by atoms with van der Waals surface area (Å²) < 4.78 is 1.99. The van der Waals surface area contributed by atoms with Gasteiger partial charge in [-0.2, -0.15) is 5.10 Å². The molecule has 5 heteroatoms. The Morgan fingerprint density at radius 1 is 1.12 bits per heavy atom. The van der Waals surface area contributed by atoms with Crippen LogP contribution in [-0.2, 0) is 11.0 Å². The molecule has 32 heavy (non-hydrogen) atoms. The molecule has 0 radical (unpaired) electrons. The number of rotatable bonds is 7. The Hall–Kier alpha value is -2.59. The van der Waals surface area contributed by atoms with E-state index < -0.39 is 0 Å². The number of hydrogen-bond donors (Lipinski definition) is 1. The minimum atomic E-state index is -0.223. The van der Waals surface area contributed by atoms with E-state index >= 15 is 0 Å². The van der Waals surface area contributed by atoms with E-state index in [1.807, 2.05) is 22.9 Å². The predicted octanol–water partition coefficient (Wildman–Crippen LogP) is 7.16. The van der Waals surface area contributed by atoms with Gasteiger partial charge in [-0.05, 0) is 56.4 Å². The van der Waals surface area contributed by atoms with Crippen LogP contribution in [0, 0.1) is 0 Å². The fourth-order valence-corrected chi connectivity index (χ4v) is 5.18. The summed E-state index contributed by atoms with van der Waals surface area (Å²) in [4.78, 5) is 13.7. The van der Waals surface area contributed by atoms with Gasteiger partial charge in [-0.3, -0.25) is 4.79 Å². The Balaban J connectivity index is 1.67. The van der Waals surface area contributed by atoms with Crippen molar-refractivity contribution in [2.45, 2.75) is 70.4 Å². The van der Waals surface area contributed by atoms with Crippen molar-refractivity contribution in [2.75, 3.05) is 5.32 Å². The summed E-state index contributed by atoms with van der Waals surface area (Å²) in [6.45, 7) is 8.69. The van der Waals surface area contributed by atoms with Crippen molar-refractivity contribution in [3.8, 4) is 0 Å². The van der Waals surface area contributed by atoms with Gasteiger partial charge < -0.3 is 5.32 Å². The number of nitrogens with one attached hydrogen (secondary N) is 1. The second-order valence-corrected chi connectivity index (χ2v) is 9.97. The zero-order valence-electron chi connectivity index (χ0n) is 19.4. The molecule has 0 fully saturated rings. The number of ketones is 1. The molecule has 0 saturated heterocycles. The van der Waals surface area contributed by atoms with Crippen LogP contribution in [0.25, 0.3) is 0 Å². The van der Waals surface area contributed by atoms with Crippen LogP contribution in [0.15, 0.2) is 60.8 Å². The van der Waals surface area contributed by atoms with E-state index in [0.29, 0.717) is 17.0 Å². The van der Waals surface area contributed by atoms with E-state index in [9.17, 15) is 4.79 Å². The number of carbonyl (C=O) groups excluding carboxylic acids is 1. The third-order valence-corrected chi connectivity index (χ3v) is 7.42. The second kappa shape index (κ2) is 8.74. The van der Waals surface area contributed by atoms with Crippen LogP contribution in [-0.4, -0.2) is 15.6 Å². The first-order valence-electron chi connectivity index (χ1n) is 11.5. The number of halogens is 1. The molecular formula is C27H32ClN3O. The number of aromatic nitrogens is 2. The molecule has 0 aliphatic carbocycles. The molecule has 4 rings (SSSR count). The van der Waals surface area contributed by atoms with Gasteiger partial charge in [0, 0.05) is 16.9 Å². The Morgan fingerprint density at radius 2 is 1.78 bits per heavy atom. The number of anilines is 1. The molecule has 0 amide bonds. The van der Waals surface area contributed by atoms with Crippen LogP contribution in [0.5, 0.6) is 0 Å². The van der Waals surface area contributed by atoms with E-state index in [4.69, 9.17) is 11.6 Å². The molecule has 4 nitrogen and oxygen atoms in total. The average molecular weight is 450 g/mol. The van der Waals surface area contributed by atoms with E-state index in [-0.39, 0.29) is 22.8 Å². The van der Waals surface area contributed by atoms with Gasteiger partial charge >= 0.3 is 0 Å². The Kier molecular flexibility index (Phi) is 6.17. The topological polar surface area (TPSA) is 46.9 Å². The molecule has 1 aliphatic rings. The van der Waals surface area contributed by atoms with Gasteiger partial charge in [0.25, 0.3) is 0 Å². The number of fused-ring (bicyclic) bond motifs is 1. The first kappa shape index (κ1) is 22.6. The van der Waals surface area contributed by atoms with Crippen molar-refractivity contribution in [3.05, 3.63) is 82.5 Å². The van der Waals surface area contributed by atoms with Crippen molar-refractivity contribution in [2.24, 2.45) is 0 Å². The number of Topliss-reactive ketones (excluding diaryl/α,β-unsaturated/α-hetero) is 1. The van der Waals surface area contributed by atoms with E-state index in [2.05, 4.69) is 74.5 Å². The highest BCUT2D eigenvalue weighted by Gasteiger charge is 2.38. The van der Waals surface area contributed by atoms with Gasteiger partial charge in [-0.25, -0.2) is 4.68 Å². The highest BCUT2D eigenvalue weighted by molar-refractivity contribution is 6.30. The van der Waals surface area contributed by atoms with E-state index in [0.717, 1.165) is 30.6 Å². The molecule has 168 valence electrons. The Labute approximate surface area is 196 Å². The van der Waals surface area contributed by atoms with Crippen molar-refractivity contribution >= 4 is 23.2 Å². The van der Waals surface area contributed by atoms with E-state index in [1.54, 1.807) is 6.20 Å². The van der Waals surface area contributed by atoms with Crippen LogP contribution in [0.2, 0.25) is 5.02 Å². The van der Waals surface area contributed by atoms with Gasteiger partial charge in [-0.15, -0.1) is 0 Å². The minimum absolute atomic E-state index is 0.127. The lowest BCUT2D eigenvalue weighted by molar-refractivity contribution is 0.0944. The van der Waals surface area contributed by atoms with Gasteiger partial charge in [0.05, 0.1) is 23.3 Å². The average Bonchev–Trinajstić information content (AvgIpc) is 3.24. The molecule has 1 unspecified atom stereocenters. The first-order valence-corrected chi connectivity index (χ1v) is 11.9. The van der Waals surface area contributed by atoms with Gasteiger partial charge in [0.1, 0.15) is 5.82 Å². The first-order chi connectivity index (χ1) is 15.3. The summed E-state index contributed by atoms with van der Waals surface area (Å²) in [7, 11) is 0. The van der Waals surface area contributed by atoms with Crippen LogP contribution < -0.4 is 5.32 Å². The third kappa shape index (κ3) is 4.09. The van der Waals surface area contributed by atoms with Gasteiger partial charge in [0.15, 0.2) is 5.78 Å². The van der Waals surface area contributed by atoms with Gasteiger partial charge in [-0.1, -0.05) is 67.9 Å². The van der Waals surface area contributed by atoms with Crippen molar-refractivity contribution in [3.63, 3.8) is 0 Å². The highest BCUT2D eigenvalue weighted by Crippen LogP contribution is 2.42. The molecule has 3 aromatic rings. The van der Waals surface area contributed by atoms with Crippen molar-refractivity contribution in [1.82, 2.24) is 9.78 Å². The Bertz CT molecular complexity index is 1080. The lowest BCUT2D eigenvalue weighted by Crippen LogP contribution is -2.38. The van der Waals surface area contributed by atoms with Crippen LogP contribution in [0.1, 0.15) is 80.9 Å². The summed E-state index contributed by atoms with van der Waals surface area (Å²) in [5.74, 6) is 0.958. The molecule has 1 atom stereocenters. The summed E-state index contributed by atoms with van der Waals surface area (Å²) >= 11 is 6.12. The lowest BCUT2D eigenvalue weighted by atomic mass is 9.71. The summed E-state index contributed by atoms with van der Waals surface area (Å²) in [5.41, 5.74) is 2.65. The van der Waals surface area contributed by atoms with Crippen molar-refractivity contribution < 1.29 is 4.79 Å². The fourth-order valence-electron chi connectivity index (χ4n) is 5.06. The molecule has 1 aromatic heterocycles. The minimum Gasteiger partial charge on any atom is -0.363 e. The quantitative estimate of drug-likeness (QED) is 0.389. The smallest absolute Gasteiger partial charge is 0.169 e. The van der Waals surface area contributed by atoms with Gasteiger partial charge in [0.2, 0.25) is 0 Å². The van der Waals surface area contributed by atoms with Crippen LogP contribution in [0.4, 0.5) is 5.82 Å². The highest BCUT2D eigenvalue weighted by atomic mass is 35.5. The number of nitrogens with zero attached hydrogens (tertiary/aromatic N) is 2. The maximum absolute atomic E-state index is 13.7. The van der Waals surface area contributed by atoms with Crippen molar-refractivity contribution in [1.29, 1.82) is 0 Å². The van der Waals surface area contributed by atoms with E-state index in [1.165, 1.54) is 5.56 Å². The molecule has 2 heterocycles. The fraction of sp³-hybridized carbons (Fsp3) is 0.407. The molecule has 0 spiro atoms.